The van der Waals surface area contributed by atoms with E-state index in [0.717, 1.165) is 30.2 Å². The molecule has 0 aliphatic carbocycles. The summed E-state index contributed by atoms with van der Waals surface area (Å²) >= 11 is 0. The zero-order valence-electron chi connectivity index (χ0n) is 13.8. The van der Waals surface area contributed by atoms with Gasteiger partial charge < -0.3 is 20.5 Å². The first-order chi connectivity index (χ1) is 11.7. The molecular weight excluding hydrogens is 302 g/mol. The quantitative estimate of drug-likeness (QED) is 0.583. The molecule has 1 unspecified atom stereocenters. The highest BCUT2D eigenvalue weighted by Gasteiger charge is 2.22. The van der Waals surface area contributed by atoms with Gasteiger partial charge in [0, 0.05) is 13.0 Å². The van der Waals surface area contributed by atoms with E-state index in [1.807, 2.05) is 37.3 Å². The minimum absolute atomic E-state index is 0.125. The van der Waals surface area contributed by atoms with Crippen LogP contribution in [0, 0.1) is 0 Å². The number of nitrogens with zero attached hydrogens (tertiary/aromatic N) is 1. The number of hydrogen-bond donors (Lipinski definition) is 3. The Morgan fingerprint density at radius 2 is 1.96 bits per heavy atom. The largest absolute Gasteiger partial charge is 0.508 e. The van der Waals surface area contributed by atoms with E-state index in [4.69, 9.17) is 4.74 Å². The molecule has 0 radical (unpaired) electrons. The number of aromatic hydroxyl groups is 1. The maximum absolute atomic E-state index is 9.32. The van der Waals surface area contributed by atoms with Crippen LogP contribution in [0.2, 0.25) is 0 Å². The van der Waals surface area contributed by atoms with E-state index in [9.17, 15) is 5.11 Å². The lowest BCUT2D eigenvalue weighted by Gasteiger charge is -2.15. The molecule has 2 aromatic carbocycles. The summed E-state index contributed by atoms with van der Waals surface area (Å²) in [7, 11) is 0. The zero-order valence-corrected chi connectivity index (χ0v) is 13.8. The number of aliphatic imine (C=N–C) groups is 1. The summed E-state index contributed by atoms with van der Waals surface area (Å²) in [5.41, 5.74) is 2.31. The molecule has 1 aliphatic rings. The fraction of sp³-hybridized carbons (Fsp3) is 0.316. The zero-order chi connectivity index (χ0) is 16.8. The van der Waals surface area contributed by atoms with Crippen molar-refractivity contribution in [3.63, 3.8) is 0 Å². The van der Waals surface area contributed by atoms with Gasteiger partial charge in [0.15, 0.2) is 5.96 Å². The van der Waals surface area contributed by atoms with Gasteiger partial charge in [-0.1, -0.05) is 30.3 Å². The fourth-order valence-electron chi connectivity index (χ4n) is 2.69. The Morgan fingerprint density at radius 1 is 1.17 bits per heavy atom. The Bertz CT molecular complexity index is 673. The maximum Gasteiger partial charge on any atom is 0.191 e. The van der Waals surface area contributed by atoms with Crippen molar-refractivity contribution in [2.24, 2.45) is 4.99 Å². The summed E-state index contributed by atoms with van der Waals surface area (Å²) in [5, 5.41) is 15.9. The Kier molecular flexibility index (Phi) is 5.21. The van der Waals surface area contributed by atoms with Gasteiger partial charge in [-0.25, -0.2) is 4.99 Å². The molecule has 0 spiro atoms. The Morgan fingerprint density at radius 3 is 2.71 bits per heavy atom. The molecule has 5 heteroatoms. The van der Waals surface area contributed by atoms with Crippen LogP contribution in [0.15, 0.2) is 53.5 Å². The second-order valence-corrected chi connectivity index (χ2v) is 5.79. The van der Waals surface area contributed by atoms with Gasteiger partial charge in [0.05, 0.1) is 13.1 Å². The maximum atomic E-state index is 9.32. The van der Waals surface area contributed by atoms with Crippen molar-refractivity contribution in [3.8, 4) is 11.5 Å². The van der Waals surface area contributed by atoms with Crippen LogP contribution in [-0.2, 0) is 13.0 Å². The van der Waals surface area contributed by atoms with E-state index in [-0.39, 0.29) is 11.9 Å². The molecule has 3 N–H and O–H groups in total. The second kappa shape index (κ2) is 7.73. The van der Waals surface area contributed by atoms with Crippen molar-refractivity contribution < 1.29 is 9.84 Å². The SMILES string of the molecule is CCNC(=NCc1ccc(O)cc1)NCC1Cc2ccccc2O1. The predicted molar refractivity (Wildman–Crippen MR) is 95.5 cm³/mol. The smallest absolute Gasteiger partial charge is 0.191 e. The standard InChI is InChI=1S/C19H23N3O2/c1-2-20-19(21-12-14-7-9-16(23)10-8-14)22-13-17-11-15-5-3-4-6-18(15)24-17/h3-10,17,23H,2,11-13H2,1H3,(H2,20,21,22). The molecule has 0 saturated carbocycles. The van der Waals surface area contributed by atoms with Gasteiger partial charge >= 0.3 is 0 Å². The molecule has 2 aromatic rings. The number of nitrogens with one attached hydrogen (secondary N) is 2. The normalized spacial score (nSPS) is 16.4. The van der Waals surface area contributed by atoms with Gasteiger partial charge in [-0.2, -0.15) is 0 Å². The summed E-state index contributed by atoms with van der Waals surface area (Å²) in [6.07, 6.45) is 1.04. The van der Waals surface area contributed by atoms with Crippen LogP contribution in [0.3, 0.4) is 0 Å². The van der Waals surface area contributed by atoms with E-state index in [1.54, 1.807) is 12.1 Å². The summed E-state index contributed by atoms with van der Waals surface area (Å²) in [4.78, 5) is 4.58. The van der Waals surface area contributed by atoms with Crippen LogP contribution in [0.1, 0.15) is 18.1 Å². The Balaban J connectivity index is 1.54. The molecule has 0 aromatic heterocycles. The monoisotopic (exact) mass is 325 g/mol. The van der Waals surface area contributed by atoms with Gasteiger partial charge in [0.1, 0.15) is 17.6 Å². The van der Waals surface area contributed by atoms with Crippen molar-refractivity contribution >= 4 is 5.96 Å². The molecule has 0 fully saturated rings. The Labute approximate surface area is 142 Å². The number of fused-ring (bicyclic) bond motifs is 1. The molecule has 1 atom stereocenters. The average Bonchev–Trinajstić information content (AvgIpc) is 3.02. The summed E-state index contributed by atoms with van der Waals surface area (Å²) in [6, 6.07) is 15.3. The molecule has 3 rings (SSSR count). The van der Waals surface area contributed by atoms with Crippen LogP contribution in [0.4, 0.5) is 0 Å². The minimum Gasteiger partial charge on any atom is -0.508 e. The number of hydrogen-bond acceptors (Lipinski definition) is 3. The van der Waals surface area contributed by atoms with E-state index >= 15 is 0 Å². The highest BCUT2D eigenvalue weighted by Crippen LogP contribution is 2.27. The van der Waals surface area contributed by atoms with E-state index in [2.05, 4.69) is 21.7 Å². The van der Waals surface area contributed by atoms with Gasteiger partial charge in [-0.05, 0) is 36.2 Å². The second-order valence-electron chi connectivity index (χ2n) is 5.79. The number of ether oxygens (including phenoxy) is 1. The number of guanidine groups is 1. The molecule has 126 valence electrons. The molecule has 0 saturated heterocycles. The molecule has 0 bridgehead atoms. The lowest BCUT2D eigenvalue weighted by Crippen LogP contribution is -2.42. The molecule has 1 aliphatic heterocycles. The fourth-order valence-corrected chi connectivity index (χ4v) is 2.69. The van der Waals surface area contributed by atoms with Gasteiger partial charge in [-0.15, -0.1) is 0 Å². The number of phenols is 1. The third-order valence-corrected chi connectivity index (χ3v) is 3.91. The number of para-hydroxylation sites is 1. The van der Waals surface area contributed by atoms with Crippen LogP contribution >= 0.6 is 0 Å². The van der Waals surface area contributed by atoms with Crippen LogP contribution in [-0.4, -0.2) is 30.3 Å². The number of phenolic OH excluding ortho intramolecular Hbond substituents is 1. The van der Waals surface area contributed by atoms with Crippen molar-refractivity contribution in [1.29, 1.82) is 0 Å². The molecule has 0 amide bonds. The van der Waals surface area contributed by atoms with Crippen molar-refractivity contribution in [1.82, 2.24) is 10.6 Å². The van der Waals surface area contributed by atoms with Crippen LogP contribution in [0.5, 0.6) is 11.5 Å². The van der Waals surface area contributed by atoms with Crippen LogP contribution in [0.25, 0.3) is 0 Å². The van der Waals surface area contributed by atoms with E-state index in [1.165, 1.54) is 5.56 Å². The minimum atomic E-state index is 0.125. The van der Waals surface area contributed by atoms with Gasteiger partial charge in [0.25, 0.3) is 0 Å². The first-order valence-electron chi connectivity index (χ1n) is 8.29. The lowest BCUT2D eigenvalue weighted by atomic mass is 10.1. The van der Waals surface area contributed by atoms with Gasteiger partial charge in [-0.3, -0.25) is 0 Å². The van der Waals surface area contributed by atoms with Crippen molar-refractivity contribution in [2.45, 2.75) is 26.0 Å². The van der Waals surface area contributed by atoms with Crippen molar-refractivity contribution in [2.75, 3.05) is 13.1 Å². The topological polar surface area (TPSA) is 65.9 Å². The molecular formula is C19H23N3O2. The third kappa shape index (κ3) is 4.19. The molecule has 5 nitrogen and oxygen atoms in total. The molecule has 1 heterocycles. The number of benzene rings is 2. The van der Waals surface area contributed by atoms with E-state index < -0.39 is 0 Å². The highest BCUT2D eigenvalue weighted by molar-refractivity contribution is 5.79. The van der Waals surface area contributed by atoms with E-state index in [0.29, 0.717) is 13.1 Å². The first kappa shape index (κ1) is 16.2. The Hall–Kier alpha value is -2.69. The number of rotatable bonds is 5. The summed E-state index contributed by atoms with van der Waals surface area (Å²) in [6.45, 7) is 4.10. The van der Waals surface area contributed by atoms with Gasteiger partial charge in [0.2, 0.25) is 0 Å². The summed E-state index contributed by atoms with van der Waals surface area (Å²) < 4.78 is 5.94. The molecule has 24 heavy (non-hydrogen) atoms. The average molecular weight is 325 g/mol. The first-order valence-corrected chi connectivity index (χ1v) is 8.29. The lowest BCUT2D eigenvalue weighted by molar-refractivity contribution is 0.235. The van der Waals surface area contributed by atoms with Crippen LogP contribution < -0.4 is 15.4 Å². The van der Waals surface area contributed by atoms with Crippen molar-refractivity contribution in [3.05, 3.63) is 59.7 Å². The third-order valence-electron chi connectivity index (χ3n) is 3.91. The summed E-state index contributed by atoms with van der Waals surface area (Å²) in [5.74, 6) is 2.02. The predicted octanol–water partition coefficient (Wildman–Crippen LogP) is 2.45. The highest BCUT2D eigenvalue weighted by atomic mass is 16.5.